The van der Waals surface area contributed by atoms with Crippen LogP contribution in [-0.4, -0.2) is 25.4 Å². The van der Waals surface area contributed by atoms with Crippen molar-refractivity contribution in [2.24, 2.45) is 0 Å². The van der Waals surface area contributed by atoms with Crippen molar-refractivity contribution >= 4 is 0 Å². The van der Waals surface area contributed by atoms with Gasteiger partial charge in [0.25, 0.3) is 0 Å². The molecule has 0 spiro atoms. The Morgan fingerprint density at radius 3 is 2.45 bits per heavy atom. The molecular weight excluding hydrogens is 267 g/mol. The molecule has 0 amide bonds. The highest BCUT2D eigenvalue weighted by atomic mass is 19.4. The molecule has 1 aromatic carbocycles. The summed E-state index contributed by atoms with van der Waals surface area (Å²) in [7, 11) is 0. The fourth-order valence-corrected chi connectivity index (χ4v) is 1.89. The molecule has 0 aliphatic rings. The molecule has 2 unspecified atom stereocenters. The molecule has 5 heteroatoms. The van der Waals surface area contributed by atoms with Crippen molar-refractivity contribution in [3.63, 3.8) is 0 Å². The summed E-state index contributed by atoms with van der Waals surface area (Å²) in [5.74, 6) is 0. The van der Waals surface area contributed by atoms with E-state index in [1.54, 1.807) is 0 Å². The summed E-state index contributed by atoms with van der Waals surface area (Å²) >= 11 is 0. The topological polar surface area (TPSA) is 21.3 Å². The molecular formula is C15H22F3NO. The normalized spacial score (nSPS) is 15.1. The lowest BCUT2D eigenvalue weighted by atomic mass is 10.0. The third kappa shape index (κ3) is 5.13. The predicted molar refractivity (Wildman–Crippen MR) is 73.7 cm³/mol. The molecule has 0 heterocycles. The Hall–Kier alpha value is -1.07. The van der Waals surface area contributed by atoms with Crippen LogP contribution in [0.25, 0.3) is 0 Å². The minimum absolute atomic E-state index is 0.00549. The van der Waals surface area contributed by atoms with Crippen LogP contribution in [0, 0.1) is 6.92 Å². The first-order valence-corrected chi connectivity index (χ1v) is 6.83. The molecule has 0 fully saturated rings. The van der Waals surface area contributed by atoms with Crippen LogP contribution < -0.4 is 5.32 Å². The monoisotopic (exact) mass is 289 g/mol. The molecule has 2 atom stereocenters. The second kappa shape index (κ2) is 7.64. The maximum absolute atomic E-state index is 12.5. The molecule has 1 aromatic rings. The fraction of sp³-hybridized carbons (Fsp3) is 0.600. The molecule has 0 radical (unpaired) electrons. The van der Waals surface area contributed by atoms with Gasteiger partial charge in [-0.15, -0.1) is 0 Å². The molecule has 114 valence electrons. The van der Waals surface area contributed by atoms with E-state index in [0.717, 1.165) is 31.0 Å². The van der Waals surface area contributed by atoms with Gasteiger partial charge in [-0.25, -0.2) is 0 Å². The highest BCUT2D eigenvalue weighted by molar-refractivity contribution is 5.28. The summed E-state index contributed by atoms with van der Waals surface area (Å²) in [6.45, 7) is 5.74. The zero-order valence-electron chi connectivity index (χ0n) is 12.1. The van der Waals surface area contributed by atoms with Crippen LogP contribution in [0.1, 0.15) is 37.4 Å². The number of nitrogens with one attached hydrogen (secondary N) is 1. The second-order valence-electron chi connectivity index (χ2n) is 4.88. The smallest absolute Gasteiger partial charge is 0.367 e. The Bertz CT molecular complexity index is 406. The van der Waals surface area contributed by atoms with E-state index in [0.29, 0.717) is 0 Å². The number of alkyl halides is 3. The summed E-state index contributed by atoms with van der Waals surface area (Å²) < 4.78 is 42.5. The summed E-state index contributed by atoms with van der Waals surface area (Å²) in [6.07, 6.45) is -5.16. The van der Waals surface area contributed by atoms with E-state index in [4.69, 9.17) is 4.74 Å². The van der Waals surface area contributed by atoms with E-state index < -0.39 is 12.3 Å². The molecule has 0 bridgehead atoms. The number of hydrogen-bond acceptors (Lipinski definition) is 2. The molecule has 0 saturated heterocycles. The highest BCUT2D eigenvalue weighted by Crippen LogP contribution is 2.24. The highest BCUT2D eigenvalue weighted by Gasteiger charge is 2.37. The standard InChI is InChI=1S/C15H22F3NO/c1-4-9-19-14(10-20-12(3)15(16,17)18)13-8-6-5-7-11(13)2/h5-8,12,14,19H,4,9-10H2,1-3H3. The molecule has 0 saturated carbocycles. The Kier molecular flexibility index (Phi) is 6.49. The van der Waals surface area contributed by atoms with Gasteiger partial charge in [0.2, 0.25) is 0 Å². The largest absolute Gasteiger partial charge is 0.414 e. The summed E-state index contributed by atoms with van der Waals surface area (Å²) in [5.41, 5.74) is 2.03. The van der Waals surface area contributed by atoms with Gasteiger partial charge < -0.3 is 10.1 Å². The van der Waals surface area contributed by atoms with Gasteiger partial charge in [0.1, 0.15) is 0 Å². The van der Waals surface area contributed by atoms with Gasteiger partial charge in [-0.05, 0) is 37.9 Å². The van der Waals surface area contributed by atoms with E-state index >= 15 is 0 Å². The van der Waals surface area contributed by atoms with Gasteiger partial charge in [-0.2, -0.15) is 13.2 Å². The van der Waals surface area contributed by atoms with E-state index in [2.05, 4.69) is 5.32 Å². The number of rotatable bonds is 7. The Balaban J connectivity index is 2.73. The van der Waals surface area contributed by atoms with Crippen LogP contribution in [0.3, 0.4) is 0 Å². The Labute approximate surface area is 118 Å². The number of aryl methyl sites for hydroxylation is 1. The molecule has 1 N–H and O–H groups in total. The average Bonchev–Trinajstić information content (AvgIpc) is 2.38. The van der Waals surface area contributed by atoms with Crippen molar-refractivity contribution in [1.29, 1.82) is 0 Å². The van der Waals surface area contributed by atoms with Gasteiger partial charge in [0, 0.05) is 0 Å². The van der Waals surface area contributed by atoms with E-state index in [1.807, 2.05) is 38.1 Å². The quantitative estimate of drug-likeness (QED) is 0.819. The lowest BCUT2D eigenvalue weighted by Gasteiger charge is -2.24. The van der Waals surface area contributed by atoms with Gasteiger partial charge in [-0.1, -0.05) is 31.2 Å². The average molecular weight is 289 g/mol. The number of halogens is 3. The van der Waals surface area contributed by atoms with Gasteiger partial charge in [0.15, 0.2) is 6.10 Å². The van der Waals surface area contributed by atoms with Crippen molar-refractivity contribution < 1.29 is 17.9 Å². The maximum Gasteiger partial charge on any atom is 0.414 e. The molecule has 20 heavy (non-hydrogen) atoms. The van der Waals surface area contributed by atoms with Crippen LogP contribution in [-0.2, 0) is 4.74 Å². The third-order valence-electron chi connectivity index (χ3n) is 3.18. The maximum atomic E-state index is 12.5. The second-order valence-corrected chi connectivity index (χ2v) is 4.88. The van der Waals surface area contributed by atoms with Crippen LogP contribution in [0.15, 0.2) is 24.3 Å². The van der Waals surface area contributed by atoms with Crippen LogP contribution in [0.4, 0.5) is 13.2 Å². The first kappa shape index (κ1) is 17.0. The molecule has 0 aliphatic heterocycles. The van der Waals surface area contributed by atoms with Crippen LogP contribution in [0.2, 0.25) is 0 Å². The zero-order chi connectivity index (χ0) is 15.2. The van der Waals surface area contributed by atoms with E-state index in [-0.39, 0.29) is 12.6 Å². The molecule has 0 aromatic heterocycles. The Morgan fingerprint density at radius 1 is 1.25 bits per heavy atom. The van der Waals surface area contributed by atoms with Crippen molar-refractivity contribution in [3.8, 4) is 0 Å². The lowest BCUT2D eigenvalue weighted by molar-refractivity contribution is -0.215. The predicted octanol–water partition coefficient (Wildman–Crippen LogP) is 4.00. The van der Waals surface area contributed by atoms with Crippen molar-refractivity contribution in [2.75, 3.05) is 13.2 Å². The molecule has 0 aliphatic carbocycles. The van der Waals surface area contributed by atoms with E-state index in [9.17, 15) is 13.2 Å². The Morgan fingerprint density at radius 2 is 1.90 bits per heavy atom. The summed E-state index contributed by atoms with van der Waals surface area (Å²) in [6, 6.07) is 7.44. The number of benzene rings is 1. The van der Waals surface area contributed by atoms with E-state index in [1.165, 1.54) is 0 Å². The summed E-state index contributed by atoms with van der Waals surface area (Å²) in [5, 5.41) is 3.24. The fourth-order valence-electron chi connectivity index (χ4n) is 1.89. The van der Waals surface area contributed by atoms with Gasteiger partial charge in [0.05, 0.1) is 12.6 Å². The van der Waals surface area contributed by atoms with Crippen LogP contribution in [0.5, 0.6) is 0 Å². The van der Waals surface area contributed by atoms with Gasteiger partial charge in [-0.3, -0.25) is 0 Å². The number of ether oxygens (including phenoxy) is 1. The number of hydrogen-bond donors (Lipinski definition) is 1. The zero-order valence-corrected chi connectivity index (χ0v) is 12.1. The minimum atomic E-state index is -4.32. The van der Waals surface area contributed by atoms with Crippen LogP contribution >= 0.6 is 0 Å². The van der Waals surface area contributed by atoms with Gasteiger partial charge >= 0.3 is 6.18 Å². The van der Waals surface area contributed by atoms with Crippen molar-refractivity contribution in [2.45, 2.75) is 45.5 Å². The first-order valence-electron chi connectivity index (χ1n) is 6.83. The third-order valence-corrected chi connectivity index (χ3v) is 3.18. The molecule has 1 rings (SSSR count). The summed E-state index contributed by atoms with van der Waals surface area (Å²) in [4.78, 5) is 0. The van der Waals surface area contributed by atoms with Crippen molar-refractivity contribution in [3.05, 3.63) is 35.4 Å². The van der Waals surface area contributed by atoms with Crippen molar-refractivity contribution in [1.82, 2.24) is 5.32 Å². The SMILES string of the molecule is CCCNC(COC(C)C(F)(F)F)c1ccccc1C. The minimum Gasteiger partial charge on any atom is -0.367 e. The first-order chi connectivity index (χ1) is 9.36. The lowest BCUT2D eigenvalue weighted by Crippen LogP contribution is -2.33. The molecule has 2 nitrogen and oxygen atoms in total.